The van der Waals surface area contributed by atoms with Crippen LogP contribution in [-0.2, 0) is 12.8 Å². The molecule has 0 unspecified atom stereocenters. The molecular formula is C27H19NO2. The van der Waals surface area contributed by atoms with Crippen molar-refractivity contribution in [2.75, 3.05) is 0 Å². The molecule has 1 aromatic heterocycles. The SMILES string of the molecule is Oc1cc2ccc(C#CCc3nc4ccccc4o3)cc2cc1Cc1ccccc1. The molecule has 0 amide bonds. The average molecular weight is 389 g/mol. The summed E-state index contributed by atoms with van der Waals surface area (Å²) < 4.78 is 5.72. The van der Waals surface area contributed by atoms with Gasteiger partial charge in [0, 0.05) is 12.0 Å². The molecule has 1 N–H and O–H groups in total. The van der Waals surface area contributed by atoms with Crippen LogP contribution in [0.1, 0.15) is 22.6 Å². The summed E-state index contributed by atoms with van der Waals surface area (Å²) in [6.45, 7) is 0. The van der Waals surface area contributed by atoms with Crippen LogP contribution in [-0.4, -0.2) is 10.1 Å². The van der Waals surface area contributed by atoms with E-state index in [0.29, 0.717) is 24.5 Å². The highest BCUT2D eigenvalue weighted by Crippen LogP contribution is 2.27. The highest BCUT2D eigenvalue weighted by molar-refractivity contribution is 5.86. The lowest BCUT2D eigenvalue weighted by molar-refractivity contribution is 0.470. The minimum atomic E-state index is 0.321. The Labute approximate surface area is 174 Å². The Morgan fingerprint density at radius 3 is 2.53 bits per heavy atom. The van der Waals surface area contributed by atoms with E-state index in [9.17, 15) is 5.11 Å². The van der Waals surface area contributed by atoms with Gasteiger partial charge in [-0.15, -0.1) is 0 Å². The second-order valence-electron chi connectivity index (χ2n) is 7.26. The Morgan fingerprint density at radius 2 is 1.67 bits per heavy atom. The molecular weight excluding hydrogens is 370 g/mol. The topological polar surface area (TPSA) is 46.3 Å². The van der Waals surface area contributed by atoms with Gasteiger partial charge in [0.1, 0.15) is 11.3 Å². The van der Waals surface area contributed by atoms with Crippen molar-refractivity contribution < 1.29 is 9.52 Å². The van der Waals surface area contributed by atoms with Crippen molar-refractivity contribution in [2.24, 2.45) is 0 Å². The summed E-state index contributed by atoms with van der Waals surface area (Å²) >= 11 is 0. The third-order valence-electron chi connectivity index (χ3n) is 5.09. The number of aromatic nitrogens is 1. The van der Waals surface area contributed by atoms with Crippen molar-refractivity contribution in [3.63, 3.8) is 0 Å². The summed E-state index contributed by atoms with van der Waals surface area (Å²) in [5.74, 6) is 7.30. The number of oxazole rings is 1. The van der Waals surface area contributed by atoms with Gasteiger partial charge in [0.2, 0.25) is 5.89 Å². The minimum absolute atomic E-state index is 0.321. The van der Waals surface area contributed by atoms with Crippen LogP contribution >= 0.6 is 0 Å². The van der Waals surface area contributed by atoms with Crippen LogP contribution in [0.5, 0.6) is 5.75 Å². The fourth-order valence-corrected chi connectivity index (χ4v) is 3.59. The molecule has 30 heavy (non-hydrogen) atoms. The van der Waals surface area contributed by atoms with Gasteiger partial charge in [0.25, 0.3) is 0 Å². The Kier molecular flexibility index (Phi) is 4.67. The molecule has 0 radical (unpaired) electrons. The molecule has 3 nitrogen and oxygen atoms in total. The van der Waals surface area contributed by atoms with E-state index in [-0.39, 0.29) is 0 Å². The lowest BCUT2D eigenvalue weighted by Gasteiger charge is -2.08. The lowest BCUT2D eigenvalue weighted by Crippen LogP contribution is -1.89. The Bertz CT molecular complexity index is 1370. The van der Waals surface area contributed by atoms with Gasteiger partial charge in [-0.25, -0.2) is 4.98 Å². The number of hydrogen-bond acceptors (Lipinski definition) is 3. The normalized spacial score (nSPS) is 10.8. The predicted molar refractivity (Wildman–Crippen MR) is 119 cm³/mol. The monoisotopic (exact) mass is 389 g/mol. The predicted octanol–water partition coefficient (Wildman–Crippen LogP) is 5.87. The Hall–Kier alpha value is -4.03. The highest BCUT2D eigenvalue weighted by atomic mass is 16.3. The van der Waals surface area contributed by atoms with Crippen LogP contribution in [0.25, 0.3) is 21.9 Å². The number of para-hydroxylation sites is 2. The summed E-state index contributed by atoms with van der Waals surface area (Å²) in [5, 5.41) is 12.5. The van der Waals surface area contributed by atoms with Gasteiger partial charge in [-0.1, -0.05) is 60.4 Å². The lowest BCUT2D eigenvalue weighted by atomic mass is 9.99. The molecule has 0 saturated carbocycles. The molecule has 0 fully saturated rings. The fourth-order valence-electron chi connectivity index (χ4n) is 3.59. The zero-order valence-corrected chi connectivity index (χ0v) is 16.3. The minimum Gasteiger partial charge on any atom is -0.508 e. The van der Waals surface area contributed by atoms with Gasteiger partial charge < -0.3 is 9.52 Å². The maximum Gasteiger partial charge on any atom is 0.207 e. The zero-order valence-electron chi connectivity index (χ0n) is 16.3. The van der Waals surface area contributed by atoms with Gasteiger partial charge in [-0.05, 0) is 58.3 Å². The zero-order chi connectivity index (χ0) is 20.3. The van der Waals surface area contributed by atoms with E-state index < -0.39 is 0 Å². The third-order valence-corrected chi connectivity index (χ3v) is 5.09. The molecule has 0 atom stereocenters. The molecule has 4 aromatic carbocycles. The van der Waals surface area contributed by atoms with E-state index in [2.05, 4.69) is 35.0 Å². The van der Waals surface area contributed by atoms with E-state index in [1.54, 1.807) is 0 Å². The molecule has 0 aliphatic rings. The maximum atomic E-state index is 10.4. The first-order valence-corrected chi connectivity index (χ1v) is 9.87. The molecule has 0 aliphatic heterocycles. The van der Waals surface area contributed by atoms with Crippen LogP contribution in [0.2, 0.25) is 0 Å². The number of hydrogen-bond donors (Lipinski definition) is 1. The molecule has 0 bridgehead atoms. The number of rotatable bonds is 3. The van der Waals surface area contributed by atoms with Crippen molar-refractivity contribution in [1.82, 2.24) is 4.98 Å². The first kappa shape index (κ1) is 18.0. The van der Waals surface area contributed by atoms with Gasteiger partial charge in [-0.2, -0.15) is 0 Å². The fraction of sp³-hybridized carbons (Fsp3) is 0.0741. The first-order valence-electron chi connectivity index (χ1n) is 9.87. The van der Waals surface area contributed by atoms with Gasteiger partial charge in [0.15, 0.2) is 5.58 Å². The maximum absolute atomic E-state index is 10.4. The number of aromatic hydroxyl groups is 1. The second kappa shape index (κ2) is 7.77. The smallest absolute Gasteiger partial charge is 0.207 e. The van der Waals surface area contributed by atoms with Crippen molar-refractivity contribution >= 4 is 21.9 Å². The van der Waals surface area contributed by atoms with Crippen LogP contribution < -0.4 is 0 Å². The summed E-state index contributed by atoms with van der Waals surface area (Å²) in [4.78, 5) is 4.46. The standard InChI is InChI=1S/C27H19NO2/c29-25-18-21-14-13-20(9-6-12-27-28-24-10-4-5-11-26(24)30-27)15-22(21)17-23(25)16-19-7-2-1-3-8-19/h1-5,7-8,10-11,13-15,17-18,29H,12,16H2. The van der Waals surface area contributed by atoms with Crippen LogP contribution in [0.3, 0.4) is 0 Å². The molecule has 1 heterocycles. The molecule has 144 valence electrons. The molecule has 5 aromatic rings. The summed E-state index contributed by atoms with van der Waals surface area (Å²) in [6, 6.07) is 27.8. The molecule has 0 spiro atoms. The number of phenols is 1. The molecule has 5 rings (SSSR count). The van der Waals surface area contributed by atoms with Gasteiger partial charge >= 0.3 is 0 Å². The van der Waals surface area contributed by atoms with E-state index in [4.69, 9.17) is 4.42 Å². The van der Waals surface area contributed by atoms with E-state index in [1.165, 1.54) is 5.56 Å². The number of benzene rings is 4. The molecule has 0 aliphatic carbocycles. The van der Waals surface area contributed by atoms with Crippen LogP contribution in [0, 0.1) is 11.8 Å². The Morgan fingerprint density at radius 1 is 0.833 bits per heavy atom. The Balaban J connectivity index is 1.40. The average Bonchev–Trinajstić information content (AvgIpc) is 3.18. The molecule has 0 saturated heterocycles. The number of nitrogens with zero attached hydrogens (tertiary/aromatic N) is 1. The summed E-state index contributed by atoms with van der Waals surface area (Å²) in [5.41, 5.74) is 4.64. The van der Waals surface area contributed by atoms with Gasteiger partial charge in [-0.3, -0.25) is 0 Å². The summed E-state index contributed by atoms with van der Waals surface area (Å²) in [6.07, 6.45) is 1.15. The number of fused-ring (bicyclic) bond motifs is 2. The quantitative estimate of drug-likeness (QED) is 0.393. The first-order chi connectivity index (χ1) is 14.7. The van der Waals surface area contributed by atoms with E-state index in [1.807, 2.05) is 66.7 Å². The van der Waals surface area contributed by atoms with Crippen molar-refractivity contribution in [3.05, 3.63) is 108 Å². The molecule has 3 heteroatoms. The summed E-state index contributed by atoms with van der Waals surface area (Å²) in [7, 11) is 0. The van der Waals surface area contributed by atoms with Crippen molar-refractivity contribution in [3.8, 4) is 17.6 Å². The third kappa shape index (κ3) is 3.76. The van der Waals surface area contributed by atoms with E-state index >= 15 is 0 Å². The second-order valence-corrected chi connectivity index (χ2v) is 7.26. The van der Waals surface area contributed by atoms with Crippen molar-refractivity contribution in [2.45, 2.75) is 12.8 Å². The van der Waals surface area contributed by atoms with Crippen LogP contribution in [0.4, 0.5) is 0 Å². The van der Waals surface area contributed by atoms with E-state index in [0.717, 1.165) is 33.0 Å². The van der Waals surface area contributed by atoms with Crippen molar-refractivity contribution in [1.29, 1.82) is 0 Å². The van der Waals surface area contributed by atoms with Crippen LogP contribution in [0.15, 0.2) is 89.3 Å². The highest BCUT2D eigenvalue weighted by Gasteiger charge is 2.06. The number of phenolic OH excluding ortho intramolecular Hbond substituents is 1. The largest absolute Gasteiger partial charge is 0.508 e. The van der Waals surface area contributed by atoms with Gasteiger partial charge in [0.05, 0.1) is 6.42 Å².